The maximum absolute atomic E-state index is 13.1. The van der Waals surface area contributed by atoms with Gasteiger partial charge in [0, 0.05) is 5.57 Å². The van der Waals surface area contributed by atoms with Gasteiger partial charge in [0.05, 0.1) is 0 Å². The first-order valence-corrected chi connectivity index (χ1v) is 12.2. The van der Waals surface area contributed by atoms with Crippen LogP contribution in [0.5, 0.6) is 0 Å². The van der Waals surface area contributed by atoms with Crippen molar-refractivity contribution < 1.29 is 4.79 Å². The summed E-state index contributed by atoms with van der Waals surface area (Å²) in [6.45, 7) is 10.1. The van der Waals surface area contributed by atoms with E-state index in [1.807, 2.05) is 18.2 Å². The highest BCUT2D eigenvalue weighted by molar-refractivity contribution is 5.93. The normalized spacial score (nSPS) is 11.2. The summed E-state index contributed by atoms with van der Waals surface area (Å²) in [5.74, 6) is -0.149. The van der Waals surface area contributed by atoms with Gasteiger partial charge in [0.15, 0.2) is 0 Å². The molecule has 3 aromatic rings. The molecule has 33 heavy (non-hydrogen) atoms. The van der Waals surface area contributed by atoms with E-state index in [4.69, 9.17) is 0 Å². The zero-order valence-electron chi connectivity index (χ0n) is 20.4. The second-order valence-corrected chi connectivity index (χ2v) is 8.95. The lowest BCUT2D eigenvalue weighted by Crippen LogP contribution is -2.48. The molecule has 1 N–H and O–H groups in total. The van der Waals surface area contributed by atoms with Crippen LogP contribution in [-0.2, 0) is 23.2 Å². The Labute approximate surface area is 199 Å². The van der Waals surface area contributed by atoms with Crippen LogP contribution in [0, 0.1) is 0 Å². The summed E-state index contributed by atoms with van der Waals surface area (Å²) in [7, 11) is 0. The first-order chi connectivity index (χ1) is 16.0. The molecule has 0 unspecified atom stereocenters. The maximum Gasteiger partial charge on any atom is 0.247 e. The van der Waals surface area contributed by atoms with Crippen molar-refractivity contribution in [2.75, 3.05) is 0 Å². The minimum atomic E-state index is -0.802. The lowest BCUT2D eigenvalue weighted by atomic mass is 9.76. The van der Waals surface area contributed by atoms with Crippen LogP contribution < -0.4 is 5.32 Å². The number of hydrogen-bond donors (Lipinski definition) is 1. The molecule has 0 radical (unpaired) electrons. The number of unbranched alkanes of at least 4 members (excludes halogenated alkanes) is 2. The Hall–Kier alpha value is -3.13. The van der Waals surface area contributed by atoms with Crippen molar-refractivity contribution in [3.63, 3.8) is 0 Å². The fraction of sp³-hybridized carbons (Fsp3) is 0.323. The molecule has 0 saturated heterocycles. The topological polar surface area (TPSA) is 29.1 Å². The predicted molar refractivity (Wildman–Crippen MR) is 139 cm³/mol. The quantitative estimate of drug-likeness (QED) is 0.245. The van der Waals surface area contributed by atoms with Crippen LogP contribution in [0.25, 0.3) is 0 Å². The van der Waals surface area contributed by atoms with Crippen molar-refractivity contribution in [3.05, 3.63) is 119 Å². The number of benzene rings is 3. The first kappa shape index (κ1) is 24.5. The molecule has 2 nitrogen and oxygen atoms in total. The fourth-order valence-corrected chi connectivity index (χ4v) is 4.29. The standard InChI is InChI=1S/C31H37NO/c1-5-7-12-25-16-20-28(21-17-25)31(32-30(33)24(3)4,27-14-10-9-11-15-27)29-22-18-26(19-23-29)13-8-6-2/h9-11,14-23H,3,5-8,12-13H2,1-2,4H3,(H,32,33). The lowest BCUT2D eigenvalue weighted by Gasteiger charge is -2.37. The monoisotopic (exact) mass is 439 g/mol. The van der Waals surface area contributed by atoms with Gasteiger partial charge in [-0.1, -0.05) is 112 Å². The van der Waals surface area contributed by atoms with Gasteiger partial charge in [0.2, 0.25) is 5.91 Å². The molecule has 0 atom stereocenters. The molecule has 0 fully saturated rings. The molecule has 0 aliphatic rings. The molecule has 1 amide bonds. The zero-order valence-corrected chi connectivity index (χ0v) is 20.4. The first-order valence-electron chi connectivity index (χ1n) is 12.2. The van der Waals surface area contributed by atoms with Gasteiger partial charge in [0.25, 0.3) is 0 Å². The van der Waals surface area contributed by atoms with Gasteiger partial charge in [-0.25, -0.2) is 0 Å². The van der Waals surface area contributed by atoms with Gasteiger partial charge in [0.1, 0.15) is 5.54 Å². The van der Waals surface area contributed by atoms with E-state index in [2.05, 4.69) is 86.4 Å². The van der Waals surface area contributed by atoms with E-state index in [1.54, 1.807) is 6.92 Å². The third-order valence-corrected chi connectivity index (χ3v) is 6.31. The molecule has 0 aromatic heterocycles. The summed E-state index contributed by atoms with van der Waals surface area (Å²) in [6, 6.07) is 27.7. The minimum absolute atomic E-state index is 0.149. The molecule has 0 aliphatic heterocycles. The van der Waals surface area contributed by atoms with Crippen molar-refractivity contribution in [1.29, 1.82) is 0 Å². The van der Waals surface area contributed by atoms with Gasteiger partial charge >= 0.3 is 0 Å². The molecule has 0 heterocycles. The van der Waals surface area contributed by atoms with E-state index in [0.29, 0.717) is 5.57 Å². The third kappa shape index (κ3) is 5.82. The molecule has 172 valence electrons. The minimum Gasteiger partial charge on any atom is -0.335 e. The van der Waals surface area contributed by atoms with Gasteiger partial charge < -0.3 is 5.32 Å². The van der Waals surface area contributed by atoms with E-state index in [9.17, 15) is 4.79 Å². The number of nitrogens with one attached hydrogen (secondary N) is 1. The number of aryl methyl sites for hydroxylation is 2. The van der Waals surface area contributed by atoms with Crippen LogP contribution in [-0.4, -0.2) is 5.91 Å². The zero-order chi connectivity index (χ0) is 23.7. The largest absolute Gasteiger partial charge is 0.335 e. The number of carbonyl (C=O) groups is 1. The average Bonchev–Trinajstić information content (AvgIpc) is 2.86. The number of amides is 1. The van der Waals surface area contributed by atoms with E-state index in [0.717, 1.165) is 29.5 Å². The highest BCUT2D eigenvalue weighted by Crippen LogP contribution is 2.37. The smallest absolute Gasteiger partial charge is 0.247 e. The summed E-state index contributed by atoms with van der Waals surface area (Å²) < 4.78 is 0. The summed E-state index contributed by atoms with van der Waals surface area (Å²) >= 11 is 0. The van der Waals surface area contributed by atoms with E-state index >= 15 is 0 Å². The Kier molecular flexibility index (Phi) is 8.65. The highest BCUT2D eigenvalue weighted by Gasteiger charge is 2.38. The predicted octanol–water partition coefficient (Wildman–Crippen LogP) is 7.36. The Balaban J connectivity index is 2.17. The van der Waals surface area contributed by atoms with E-state index in [-0.39, 0.29) is 5.91 Å². The van der Waals surface area contributed by atoms with Gasteiger partial charge in [-0.05, 0) is 60.4 Å². The maximum atomic E-state index is 13.1. The van der Waals surface area contributed by atoms with Crippen molar-refractivity contribution in [1.82, 2.24) is 5.32 Å². The molecule has 0 bridgehead atoms. The molecule has 2 heteroatoms. The second kappa shape index (κ2) is 11.7. The van der Waals surface area contributed by atoms with Crippen molar-refractivity contribution in [2.24, 2.45) is 0 Å². The lowest BCUT2D eigenvalue weighted by molar-refractivity contribution is -0.118. The summed E-state index contributed by atoms with van der Waals surface area (Å²) in [5, 5.41) is 3.37. The summed E-state index contributed by atoms with van der Waals surface area (Å²) in [6.07, 6.45) is 6.84. The van der Waals surface area contributed by atoms with Gasteiger partial charge in [-0.2, -0.15) is 0 Å². The molecular weight excluding hydrogens is 402 g/mol. The molecule has 3 rings (SSSR count). The van der Waals surface area contributed by atoms with Crippen LogP contribution in [0.1, 0.15) is 74.3 Å². The Bertz CT molecular complexity index is 981. The van der Waals surface area contributed by atoms with Crippen LogP contribution in [0.2, 0.25) is 0 Å². The highest BCUT2D eigenvalue weighted by atomic mass is 16.1. The Morgan fingerprint density at radius 3 is 1.55 bits per heavy atom. The summed E-state index contributed by atoms with van der Waals surface area (Å²) in [4.78, 5) is 13.1. The van der Waals surface area contributed by atoms with Gasteiger partial charge in [-0.3, -0.25) is 4.79 Å². The molecule has 0 spiro atoms. The second-order valence-electron chi connectivity index (χ2n) is 8.95. The fourth-order valence-electron chi connectivity index (χ4n) is 4.29. The number of hydrogen-bond acceptors (Lipinski definition) is 1. The van der Waals surface area contributed by atoms with E-state index in [1.165, 1.54) is 36.8 Å². The van der Waals surface area contributed by atoms with Crippen molar-refractivity contribution in [2.45, 2.75) is 64.8 Å². The van der Waals surface area contributed by atoms with Crippen LogP contribution in [0.15, 0.2) is 91.0 Å². The third-order valence-electron chi connectivity index (χ3n) is 6.31. The molecule has 0 saturated carbocycles. The van der Waals surface area contributed by atoms with Crippen LogP contribution >= 0.6 is 0 Å². The molecule has 3 aromatic carbocycles. The Morgan fingerprint density at radius 2 is 1.15 bits per heavy atom. The number of rotatable bonds is 11. The van der Waals surface area contributed by atoms with Crippen LogP contribution in [0.4, 0.5) is 0 Å². The summed E-state index contributed by atoms with van der Waals surface area (Å²) in [5.41, 5.74) is 5.46. The molecule has 0 aliphatic carbocycles. The van der Waals surface area contributed by atoms with Crippen molar-refractivity contribution in [3.8, 4) is 0 Å². The number of carbonyl (C=O) groups excluding carboxylic acids is 1. The SMILES string of the molecule is C=C(C)C(=O)NC(c1ccccc1)(c1ccc(CCCC)cc1)c1ccc(CCCC)cc1. The van der Waals surface area contributed by atoms with E-state index < -0.39 is 5.54 Å². The van der Waals surface area contributed by atoms with Crippen LogP contribution in [0.3, 0.4) is 0 Å². The Morgan fingerprint density at radius 1 is 0.727 bits per heavy atom. The van der Waals surface area contributed by atoms with Gasteiger partial charge in [-0.15, -0.1) is 0 Å². The average molecular weight is 440 g/mol. The molecular formula is C31H37NO. The van der Waals surface area contributed by atoms with Crippen molar-refractivity contribution >= 4 is 5.91 Å².